The average molecular weight is 2100 g/mol. The highest BCUT2D eigenvalue weighted by Gasteiger charge is 2.51. The first kappa shape index (κ1) is 95.1. The molecule has 8 aromatic heterocycles. The molecule has 16 N–H and O–H groups in total. The number of benzene rings is 4. The first-order valence-corrected chi connectivity index (χ1v) is 51.8. The highest BCUT2D eigenvalue weighted by atomic mass is 32.2. The first-order chi connectivity index (χ1) is 73.1. The van der Waals surface area contributed by atoms with Gasteiger partial charge in [-0.1, -0.05) is 152 Å². The number of halogens is 4. The van der Waals surface area contributed by atoms with E-state index in [-0.39, 0.29) is 140 Å². The fourth-order valence-corrected chi connectivity index (χ4v) is 21.1. The van der Waals surface area contributed by atoms with Crippen molar-refractivity contribution in [1.29, 1.82) is 0 Å². The molecule has 0 bridgehead atoms. The van der Waals surface area contributed by atoms with Crippen molar-refractivity contribution in [3.05, 3.63) is 141 Å². The number of nitrogens with zero attached hydrogens (tertiary/aromatic N) is 20. The van der Waals surface area contributed by atoms with E-state index in [0.29, 0.717) is 94.4 Å². The van der Waals surface area contributed by atoms with Crippen molar-refractivity contribution in [3.8, 4) is 0 Å². The van der Waals surface area contributed by atoms with Gasteiger partial charge >= 0.3 is 0 Å². The van der Waals surface area contributed by atoms with E-state index in [2.05, 4.69) is 109 Å². The van der Waals surface area contributed by atoms with Crippen molar-refractivity contribution in [2.75, 3.05) is 96.9 Å². The summed E-state index contributed by atoms with van der Waals surface area (Å²) in [4.78, 5) is 36.9. The van der Waals surface area contributed by atoms with E-state index in [1.54, 1.807) is 83.1 Å². The van der Waals surface area contributed by atoms with Crippen molar-refractivity contribution < 1.29 is 111 Å². The third-order valence-corrected chi connectivity index (χ3v) is 30.7. The summed E-state index contributed by atoms with van der Waals surface area (Å²) in [5.41, 5.74) is 7.15. The summed E-state index contributed by atoms with van der Waals surface area (Å²) in [6.45, 7) is 1.64. The monoisotopic (exact) mass is 2100 g/mol. The van der Waals surface area contributed by atoms with Gasteiger partial charge in [0.25, 0.3) is 0 Å². The summed E-state index contributed by atoms with van der Waals surface area (Å²) in [7, 11) is 0. The zero-order valence-electron chi connectivity index (χ0n) is 89.8. The Balaban J connectivity index is 0.000000146. The van der Waals surface area contributed by atoms with E-state index < -0.39 is 143 Å². The Bertz CT molecular complexity index is 6940. The predicted octanol–water partition coefficient (Wildman–Crippen LogP) is 9.37. The minimum absolute atomic E-state index is 0. The first-order valence-electron chi connectivity index (χ1n) is 53.0. The van der Waals surface area contributed by atoms with Gasteiger partial charge in [0, 0.05) is 99.2 Å². The molecule has 8 aliphatic rings. The third kappa shape index (κ3) is 24.5. The second-order valence-electron chi connectivity index (χ2n) is 36.9. The summed E-state index contributed by atoms with van der Waals surface area (Å²) in [6.07, 6.45) is -8.43. The van der Waals surface area contributed by atoms with Gasteiger partial charge in [0.15, 0.2) is 88.6 Å². The van der Waals surface area contributed by atoms with Crippen LogP contribution in [-0.2, 0) is 18.9 Å². The Morgan fingerprint density at radius 2 is 0.621 bits per heavy atom. The fraction of sp³-hybridized carbons (Fsp3) is 0.588. The number of aliphatic hydroxyl groups is 12. The van der Waals surface area contributed by atoms with Gasteiger partial charge in [-0.25, -0.2) is 76.2 Å². The maximum atomic E-state index is 14.1. The van der Waals surface area contributed by atoms with Gasteiger partial charge < -0.3 is 101 Å². The minimum Gasteiger partial charge on any atom is -0.394 e. The molecule has 145 heavy (non-hydrogen) atoms. The largest absolute Gasteiger partial charge is 0.394 e. The second kappa shape index (κ2) is 48.4. The van der Waals surface area contributed by atoms with Gasteiger partial charge in [-0.2, -0.15) is 0 Å². The van der Waals surface area contributed by atoms with Crippen LogP contribution in [0.25, 0.3) is 44.7 Å². The summed E-state index contributed by atoms with van der Waals surface area (Å²) in [5.74, 6) is 3.59. The Hall–Kier alpha value is -9.52. The zero-order valence-corrected chi connectivity index (χ0v) is 83.1. The number of anilines is 4. The smallest absolute Gasteiger partial charge is 0.191 e. The highest BCUT2D eigenvalue weighted by molar-refractivity contribution is 7.99. The lowest BCUT2D eigenvalue weighted by atomic mass is 10.1. The standard InChI is InChI=1S/4C24H31FN6O4S.CH4/c4*1-3-8-36-24-27-22(26-16-10-14(16)13-5-4-12(2)15(25)9-13)19-23(28-24)31(30-29-19)17-11-18(35-7-6-32)21(34)20(17)33;/h4*4-5,9,14,16-18,20-21,32-34H,3,6-8,10-11H2,1-2H3,(H,26,27,28);1H4/t4*14-,16+,17+,18-,20-,21+;/m0000./s1/i6D2,7D2;8D2;7D2;6D2;. The van der Waals surface area contributed by atoms with Crippen molar-refractivity contribution in [3.63, 3.8) is 0 Å². The van der Waals surface area contributed by atoms with Crippen LogP contribution in [0.1, 0.15) is 218 Å². The maximum Gasteiger partial charge on any atom is 0.191 e. The highest BCUT2D eigenvalue weighted by Crippen LogP contribution is 2.50. The molecule has 48 heteroatoms. The molecule has 20 rings (SSSR count). The topological polar surface area (TPSA) is 554 Å². The average Bonchev–Trinajstić information content (AvgIpc) is 1.60. The Morgan fingerprint density at radius 1 is 0.345 bits per heavy atom. The van der Waals surface area contributed by atoms with Gasteiger partial charge in [0.2, 0.25) is 0 Å². The van der Waals surface area contributed by atoms with Crippen LogP contribution in [0.2, 0.25) is 0 Å². The molecule has 8 saturated carbocycles. The molecule has 0 unspecified atom stereocenters. The minimum atomic E-state index is -3.33. The Kier molecular flexibility index (Phi) is 31.8. The fourth-order valence-electron chi connectivity index (χ4n) is 18.4. The quantitative estimate of drug-likeness (QED) is 0.00965. The van der Waals surface area contributed by atoms with E-state index in [4.69, 9.17) is 37.8 Å². The maximum absolute atomic E-state index is 14.1. The molecule has 0 radical (unpaired) electrons. The predicted molar refractivity (Wildman–Crippen MR) is 537 cm³/mol. The number of aliphatic hydroxyl groups excluding tert-OH is 10. The number of ether oxygens (including phenoxy) is 4. The number of rotatable bonds is 40. The molecule has 12 aromatic rings. The van der Waals surface area contributed by atoms with E-state index in [0.717, 1.165) is 96.2 Å². The van der Waals surface area contributed by atoms with Crippen LogP contribution in [0.5, 0.6) is 0 Å². The summed E-state index contributed by atoms with van der Waals surface area (Å²) < 4.78 is 159. The molecule has 40 nitrogen and oxygen atoms in total. The zero-order chi connectivity index (χ0) is 111. The number of hydrogen-bond donors (Lipinski definition) is 16. The van der Waals surface area contributed by atoms with Gasteiger partial charge in [0.05, 0.1) is 112 Å². The summed E-state index contributed by atoms with van der Waals surface area (Å²) in [5, 5.41) is 171. The summed E-state index contributed by atoms with van der Waals surface area (Å²) >= 11 is 5.26. The molecule has 8 fully saturated rings. The van der Waals surface area contributed by atoms with Crippen molar-refractivity contribution in [2.45, 2.75) is 306 Å². The molecule has 0 saturated heterocycles. The Morgan fingerprint density at radius 3 is 0.876 bits per heavy atom. The lowest BCUT2D eigenvalue weighted by Crippen LogP contribution is -2.33. The molecule has 24 atom stereocenters. The van der Waals surface area contributed by atoms with Crippen LogP contribution < -0.4 is 21.3 Å². The third-order valence-electron chi connectivity index (χ3n) is 26.8. The second-order valence-corrected chi connectivity index (χ2v) is 40.9. The van der Waals surface area contributed by atoms with Crippen LogP contribution in [-0.4, -0.2) is 334 Å². The molecule has 4 aromatic carbocycles. The normalized spacial score (nSPS) is 28.9. The van der Waals surface area contributed by atoms with Gasteiger partial charge in [-0.05, 0) is 148 Å². The number of fused-ring (bicyclic) bond motifs is 4. The number of aryl methyl sites for hydroxylation is 4. The molecule has 8 heterocycles. The van der Waals surface area contributed by atoms with E-state index in [1.165, 1.54) is 54.0 Å². The molecule has 784 valence electrons. The van der Waals surface area contributed by atoms with E-state index in [9.17, 15) is 73.7 Å². The van der Waals surface area contributed by atoms with Crippen LogP contribution in [0, 0.1) is 51.0 Å². The van der Waals surface area contributed by atoms with Gasteiger partial charge in [-0.15, -0.1) is 20.4 Å². The lowest BCUT2D eigenvalue weighted by molar-refractivity contribution is -0.0629. The molecule has 8 aliphatic carbocycles. The van der Waals surface area contributed by atoms with Crippen molar-refractivity contribution in [2.24, 2.45) is 0 Å². The number of thioether (sulfide) groups is 4. The SMILES string of the molecule is C.[2H]C([2H])(CC)Sc1nc(N[C@@H]2C[C@H]2c2ccc(C)c(F)c2)c2nnn([C@@H]3C[C@H](OCCO)[C@@H](O)[C@H]3O)c2n1.[2H]C([2H])(CO)O[C@H]1C[C@@H](n2nnc3c(N[C@@H]4C[C@H]4c4ccc(C)c(F)c4)nc(SCCC)nc32)[C@H](O)[C@@H]1O.[2H]C([2H])(O)C([2H])([2H])O[C@H]1C[C@@H](n2nnc3c(N[C@@H]4C[C@H]4c4ccc(C)c(F)c4)nc(SCCC)nc32)[C@H](O)[C@@H]1O.[2H]C([2H])(O)CO[C@H]1C[C@@H](n2nnc3c(N[C@@H]4C[C@H]4c4ccc(C)c(F)c4)nc(SCCC)nc32)[C@H](O)[C@@H]1O. The van der Waals surface area contributed by atoms with Crippen LogP contribution >= 0.6 is 47.0 Å². The van der Waals surface area contributed by atoms with Crippen molar-refractivity contribution >= 4 is 115 Å². The molecule has 0 spiro atoms. The Labute approximate surface area is 865 Å². The molecule has 0 amide bonds. The molecular weight excluding hydrogens is 1960 g/mol. The summed E-state index contributed by atoms with van der Waals surface area (Å²) in [6, 6.07) is 17.9. The molecular formula is C97H128F4N24O16S4. The number of nitrogens with one attached hydrogen (secondary N) is 4. The number of aromatic nitrogens is 20. The van der Waals surface area contributed by atoms with Crippen LogP contribution in [0.15, 0.2) is 93.4 Å². The molecule has 0 aliphatic heterocycles. The lowest BCUT2D eigenvalue weighted by Gasteiger charge is -2.17. The van der Waals surface area contributed by atoms with Crippen LogP contribution in [0.4, 0.5) is 40.8 Å². The van der Waals surface area contributed by atoms with Gasteiger partial charge in [0.1, 0.15) is 72.1 Å². The number of hydrogen-bond acceptors (Lipinski definition) is 40. The van der Waals surface area contributed by atoms with E-state index in [1.807, 2.05) is 38.1 Å². The van der Waals surface area contributed by atoms with Crippen molar-refractivity contribution in [1.82, 2.24) is 99.8 Å². The van der Waals surface area contributed by atoms with Gasteiger partial charge in [-0.3, -0.25) is 0 Å². The van der Waals surface area contributed by atoms with Crippen LogP contribution in [0.3, 0.4) is 0 Å². The van der Waals surface area contributed by atoms with E-state index >= 15 is 0 Å².